The van der Waals surface area contributed by atoms with E-state index in [1.54, 1.807) is 18.2 Å². The maximum absolute atomic E-state index is 13.7. The normalized spacial score (nSPS) is 14.9. The summed E-state index contributed by atoms with van der Waals surface area (Å²) in [6, 6.07) is 14.5. The summed E-state index contributed by atoms with van der Waals surface area (Å²) in [5.74, 6) is -0.150. The number of amides is 1. The molecule has 4 aromatic rings. The van der Waals surface area contributed by atoms with Gasteiger partial charge < -0.3 is 10.1 Å². The van der Waals surface area contributed by atoms with Gasteiger partial charge in [0.15, 0.2) is 0 Å². The zero-order valence-corrected chi connectivity index (χ0v) is 22.2. The van der Waals surface area contributed by atoms with Crippen molar-refractivity contribution in [2.45, 2.75) is 32.6 Å². The molecule has 36 heavy (non-hydrogen) atoms. The van der Waals surface area contributed by atoms with Crippen molar-refractivity contribution < 1.29 is 14.3 Å². The highest BCUT2D eigenvalue weighted by molar-refractivity contribution is 7.17. The molecule has 5 rings (SSSR count). The molecule has 8 heteroatoms. The number of ether oxygens (including phenoxy) is 1. The Kier molecular flexibility index (Phi) is 7.02. The number of thiophene rings is 1. The van der Waals surface area contributed by atoms with E-state index in [-0.39, 0.29) is 5.91 Å². The molecule has 0 bridgehead atoms. The Labute approximate surface area is 223 Å². The molecule has 0 saturated carbocycles. The minimum absolute atomic E-state index is 0.314. The van der Waals surface area contributed by atoms with Gasteiger partial charge in [-0.2, -0.15) is 0 Å². The summed E-state index contributed by atoms with van der Waals surface area (Å²) in [6.07, 6.45) is 3.84. The molecule has 0 spiro atoms. The second-order valence-corrected chi connectivity index (χ2v) is 10.8. The molecule has 5 nitrogen and oxygen atoms in total. The zero-order valence-electron chi connectivity index (χ0n) is 19.9. The van der Waals surface area contributed by atoms with Gasteiger partial charge in [-0.25, -0.2) is 9.78 Å². The van der Waals surface area contributed by atoms with E-state index in [9.17, 15) is 9.59 Å². The molecule has 2 aromatic heterocycles. The first-order valence-electron chi connectivity index (χ1n) is 11.8. The Balaban J connectivity index is 1.58. The maximum atomic E-state index is 13.7. The molecular weight excluding hydrogens is 515 g/mol. The van der Waals surface area contributed by atoms with Crippen LogP contribution in [0.4, 0.5) is 5.00 Å². The SMILES string of the molecule is CCC1CCc2c(sc(NC(=O)c3cc(-c4ccc(Cl)c(Cl)c4)nc4ccccc34)c2C(=O)OC)C1. The fourth-order valence-electron chi connectivity index (χ4n) is 4.75. The summed E-state index contributed by atoms with van der Waals surface area (Å²) in [5.41, 5.74) is 3.95. The Morgan fingerprint density at radius 3 is 2.69 bits per heavy atom. The van der Waals surface area contributed by atoms with E-state index in [2.05, 4.69) is 12.2 Å². The van der Waals surface area contributed by atoms with Crippen molar-refractivity contribution in [3.8, 4) is 11.3 Å². The van der Waals surface area contributed by atoms with Crippen LogP contribution in [0.5, 0.6) is 0 Å². The minimum Gasteiger partial charge on any atom is -0.465 e. The van der Waals surface area contributed by atoms with Crippen molar-refractivity contribution in [1.82, 2.24) is 4.98 Å². The van der Waals surface area contributed by atoms with Gasteiger partial charge in [0, 0.05) is 15.8 Å². The molecule has 2 aromatic carbocycles. The van der Waals surface area contributed by atoms with Crippen LogP contribution < -0.4 is 5.32 Å². The zero-order chi connectivity index (χ0) is 25.4. The average molecular weight is 539 g/mol. The molecule has 0 saturated heterocycles. The maximum Gasteiger partial charge on any atom is 0.341 e. The average Bonchev–Trinajstić information content (AvgIpc) is 3.25. The van der Waals surface area contributed by atoms with Crippen LogP contribution in [0.15, 0.2) is 48.5 Å². The van der Waals surface area contributed by atoms with Crippen molar-refractivity contribution in [1.29, 1.82) is 0 Å². The topological polar surface area (TPSA) is 68.3 Å². The Bertz CT molecular complexity index is 1500. The molecule has 1 N–H and O–H groups in total. The summed E-state index contributed by atoms with van der Waals surface area (Å²) in [7, 11) is 1.37. The molecule has 0 radical (unpaired) electrons. The number of hydrogen-bond donors (Lipinski definition) is 1. The quantitative estimate of drug-likeness (QED) is 0.263. The van der Waals surface area contributed by atoms with E-state index in [1.165, 1.54) is 18.4 Å². The molecule has 1 amide bonds. The van der Waals surface area contributed by atoms with Gasteiger partial charge in [-0.05, 0) is 55.0 Å². The third-order valence-electron chi connectivity index (χ3n) is 6.74. The van der Waals surface area contributed by atoms with Crippen LogP contribution in [0.2, 0.25) is 10.0 Å². The third-order valence-corrected chi connectivity index (χ3v) is 8.65. The van der Waals surface area contributed by atoms with E-state index >= 15 is 0 Å². The van der Waals surface area contributed by atoms with Gasteiger partial charge in [0.25, 0.3) is 5.91 Å². The van der Waals surface area contributed by atoms with E-state index in [0.717, 1.165) is 41.7 Å². The van der Waals surface area contributed by atoms with Crippen LogP contribution in [0.1, 0.15) is 50.9 Å². The third kappa shape index (κ3) is 4.61. The summed E-state index contributed by atoms with van der Waals surface area (Å²) < 4.78 is 5.09. The number of esters is 1. The van der Waals surface area contributed by atoms with Crippen molar-refractivity contribution in [2.75, 3.05) is 12.4 Å². The number of methoxy groups -OCH3 is 1. The first kappa shape index (κ1) is 24.8. The lowest BCUT2D eigenvalue weighted by Gasteiger charge is -2.20. The van der Waals surface area contributed by atoms with Crippen molar-refractivity contribution in [3.05, 3.63) is 80.1 Å². The van der Waals surface area contributed by atoms with Gasteiger partial charge in [0.05, 0.1) is 39.5 Å². The number of anilines is 1. The van der Waals surface area contributed by atoms with Gasteiger partial charge in [0.1, 0.15) is 5.00 Å². The van der Waals surface area contributed by atoms with E-state index < -0.39 is 5.97 Å². The number of halogens is 2. The van der Waals surface area contributed by atoms with E-state index in [1.807, 2.05) is 30.3 Å². The second kappa shape index (κ2) is 10.2. The summed E-state index contributed by atoms with van der Waals surface area (Å²) in [6.45, 7) is 2.19. The van der Waals surface area contributed by atoms with Crippen LogP contribution in [0.3, 0.4) is 0 Å². The standard InChI is InChI=1S/C28H24Cl2N2O3S/c1-3-15-8-10-18-24(12-15)36-27(25(18)28(34)35-2)32-26(33)19-14-23(16-9-11-20(29)21(30)13-16)31-22-7-5-4-6-17(19)22/h4-7,9,11,13-15H,3,8,10,12H2,1-2H3,(H,32,33). The molecule has 1 atom stereocenters. The number of fused-ring (bicyclic) bond motifs is 2. The second-order valence-electron chi connectivity index (χ2n) is 8.87. The predicted octanol–water partition coefficient (Wildman–Crippen LogP) is 7.82. The molecule has 1 unspecified atom stereocenters. The highest BCUT2D eigenvalue weighted by Crippen LogP contribution is 2.41. The molecule has 184 valence electrons. The van der Waals surface area contributed by atoms with Crippen LogP contribution >= 0.6 is 34.5 Å². The lowest BCUT2D eigenvalue weighted by atomic mass is 9.85. The molecule has 0 fully saturated rings. The van der Waals surface area contributed by atoms with Crippen LogP contribution in [-0.4, -0.2) is 24.0 Å². The largest absolute Gasteiger partial charge is 0.465 e. The highest BCUT2D eigenvalue weighted by Gasteiger charge is 2.30. The lowest BCUT2D eigenvalue weighted by molar-refractivity contribution is 0.0601. The number of para-hydroxylation sites is 1. The van der Waals surface area contributed by atoms with Gasteiger partial charge in [-0.3, -0.25) is 4.79 Å². The summed E-state index contributed by atoms with van der Waals surface area (Å²) in [5, 5.41) is 5.13. The van der Waals surface area contributed by atoms with Crippen molar-refractivity contribution in [2.24, 2.45) is 5.92 Å². The Morgan fingerprint density at radius 2 is 1.94 bits per heavy atom. The molecule has 0 aliphatic heterocycles. The van der Waals surface area contributed by atoms with Crippen molar-refractivity contribution >= 4 is 62.3 Å². The van der Waals surface area contributed by atoms with Crippen LogP contribution in [0.25, 0.3) is 22.2 Å². The summed E-state index contributed by atoms with van der Waals surface area (Å²) >= 11 is 13.8. The molecule has 2 heterocycles. The number of carbonyl (C=O) groups is 2. The van der Waals surface area contributed by atoms with Crippen LogP contribution in [0, 0.1) is 5.92 Å². The van der Waals surface area contributed by atoms with Gasteiger partial charge in [-0.15, -0.1) is 11.3 Å². The number of aromatic nitrogens is 1. The van der Waals surface area contributed by atoms with E-state index in [4.69, 9.17) is 32.9 Å². The van der Waals surface area contributed by atoms with Gasteiger partial charge >= 0.3 is 5.97 Å². The highest BCUT2D eigenvalue weighted by atomic mass is 35.5. The minimum atomic E-state index is -0.422. The lowest BCUT2D eigenvalue weighted by Crippen LogP contribution is -2.17. The number of nitrogens with one attached hydrogen (secondary N) is 1. The number of hydrogen-bond acceptors (Lipinski definition) is 5. The van der Waals surface area contributed by atoms with Gasteiger partial charge in [-0.1, -0.05) is 60.8 Å². The number of nitrogens with zero attached hydrogens (tertiary/aromatic N) is 1. The van der Waals surface area contributed by atoms with E-state index in [0.29, 0.717) is 48.7 Å². The number of rotatable bonds is 5. The number of benzene rings is 2. The Morgan fingerprint density at radius 1 is 1.14 bits per heavy atom. The van der Waals surface area contributed by atoms with Crippen molar-refractivity contribution in [3.63, 3.8) is 0 Å². The molecule has 1 aliphatic carbocycles. The smallest absolute Gasteiger partial charge is 0.341 e. The Hall–Kier alpha value is -2.93. The number of pyridine rings is 1. The first-order valence-corrected chi connectivity index (χ1v) is 13.4. The molecular formula is C28H24Cl2N2O3S. The van der Waals surface area contributed by atoms with Crippen LogP contribution in [-0.2, 0) is 17.6 Å². The summed E-state index contributed by atoms with van der Waals surface area (Å²) in [4.78, 5) is 32.3. The monoisotopic (exact) mass is 538 g/mol. The molecule has 1 aliphatic rings. The van der Waals surface area contributed by atoms with Gasteiger partial charge in [0.2, 0.25) is 0 Å². The first-order chi connectivity index (χ1) is 17.4. The predicted molar refractivity (Wildman–Crippen MR) is 147 cm³/mol. The fourth-order valence-corrected chi connectivity index (χ4v) is 6.39. The fraction of sp³-hybridized carbons (Fsp3) is 0.250. The number of carbonyl (C=O) groups excluding carboxylic acids is 2.